The molecular weight excluding hydrogens is 326 g/mol. The number of hydrogen-bond donors (Lipinski definition) is 0. The van der Waals surface area contributed by atoms with Gasteiger partial charge in [0.05, 0.1) is 11.6 Å². The minimum absolute atomic E-state index is 0.468. The van der Waals surface area contributed by atoms with Crippen molar-refractivity contribution in [2.24, 2.45) is 0 Å². The number of rotatable bonds is 6. The predicted molar refractivity (Wildman–Crippen MR) is 70.8 cm³/mol. The zero-order chi connectivity index (χ0) is 11.1. The van der Waals surface area contributed by atoms with Crippen LogP contribution in [0.15, 0.2) is 30.9 Å². The molecule has 0 aliphatic rings. The van der Waals surface area contributed by atoms with Crippen molar-refractivity contribution in [3.63, 3.8) is 0 Å². The topological polar surface area (TPSA) is 18.5 Å². The van der Waals surface area contributed by atoms with E-state index in [0.29, 0.717) is 24.0 Å². The summed E-state index contributed by atoms with van der Waals surface area (Å²) in [5.41, 5.74) is 1.14. The van der Waals surface area contributed by atoms with Crippen LogP contribution in [-0.4, -0.2) is 13.2 Å². The van der Waals surface area contributed by atoms with E-state index in [1.165, 1.54) is 0 Å². The Hall–Kier alpha value is -0.260. The lowest BCUT2D eigenvalue weighted by Crippen LogP contribution is -1.96. The van der Waals surface area contributed by atoms with Gasteiger partial charge >= 0.3 is 0 Å². The van der Waals surface area contributed by atoms with E-state index < -0.39 is 0 Å². The molecule has 1 aromatic rings. The minimum atomic E-state index is 0.468. The molecule has 15 heavy (non-hydrogen) atoms. The Balaban J connectivity index is 2.65. The zero-order valence-corrected chi connectivity index (χ0v) is 11.1. The fourth-order valence-corrected chi connectivity index (χ4v) is 1.60. The van der Waals surface area contributed by atoms with E-state index in [0.717, 1.165) is 12.0 Å². The number of ether oxygens (including phenoxy) is 1. The summed E-state index contributed by atoms with van der Waals surface area (Å²) < 4.78 is 10.3. The van der Waals surface area contributed by atoms with Gasteiger partial charge < -0.3 is 7.80 Å². The van der Waals surface area contributed by atoms with Crippen molar-refractivity contribution in [2.45, 2.75) is 6.42 Å². The SMILES string of the molecule is C=CCOc1ccc(CCOI)cc1Cl. The van der Waals surface area contributed by atoms with Gasteiger partial charge in [0.15, 0.2) is 0 Å². The lowest BCUT2D eigenvalue weighted by atomic mass is 10.1. The summed E-state index contributed by atoms with van der Waals surface area (Å²) in [6, 6.07) is 5.75. The summed E-state index contributed by atoms with van der Waals surface area (Å²) in [4.78, 5) is 0. The number of halogens is 2. The van der Waals surface area contributed by atoms with E-state index in [-0.39, 0.29) is 0 Å². The van der Waals surface area contributed by atoms with Gasteiger partial charge in [0.1, 0.15) is 35.4 Å². The molecule has 4 heteroatoms. The average Bonchev–Trinajstić information content (AvgIpc) is 2.25. The second kappa shape index (κ2) is 7.09. The van der Waals surface area contributed by atoms with Gasteiger partial charge in [-0.3, -0.25) is 0 Å². The predicted octanol–water partition coefficient (Wildman–Crippen LogP) is 3.81. The number of benzene rings is 1. The normalized spacial score (nSPS) is 10.0. The van der Waals surface area contributed by atoms with Crippen molar-refractivity contribution in [3.8, 4) is 5.75 Å². The number of hydrogen-bond acceptors (Lipinski definition) is 2. The van der Waals surface area contributed by atoms with Crippen LogP contribution in [0.1, 0.15) is 5.56 Å². The van der Waals surface area contributed by atoms with Crippen LogP contribution in [0.5, 0.6) is 5.75 Å². The summed E-state index contributed by atoms with van der Waals surface area (Å²) in [5.74, 6) is 0.690. The molecular formula is C11H12ClIO2. The van der Waals surface area contributed by atoms with Crippen molar-refractivity contribution in [1.82, 2.24) is 0 Å². The summed E-state index contributed by atoms with van der Waals surface area (Å²) in [7, 11) is 0. The van der Waals surface area contributed by atoms with E-state index >= 15 is 0 Å². The first-order chi connectivity index (χ1) is 7.27. The Bertz CT molecular complexity index is 328. The first kappa shape index (κ1) is 12.8. The van der Waals surface area contributed by atoms with Gasteiger partial charge in [-0.25, -0.2) is 0 Å². The average molecular weight is 339 g/mol. The first-order valence-electron chi connectivity index (χ1n) is 4.53. The lowest BCUT2D eigenvalue weighted by molar-refractivity contribution is 0.363. The molecule has 0 saturated heterocycles. The van der Waals surface area contributed by atoms with Crippen LogP contribution in [0.2, 0.25) is 5.02 Å². The van der Waals surface area contributed by atoms with Crippen molar-refractivity contribution >= 4 is 34.6 Å². The highest BCUT2D eigenvalue weighted by Gasteiger charge is 2.02. The van der Waals surface area contributed by atoms with Gasteiger partial charge in [-0.15, -0.1) is 0 Å². The van der Waals surface area contributed by atoms with E-state index in [9.17, 15) is 0 Å². The van der Waals surface area contributed by atoms with Crippen LogP contribution < -0.4 is 4.74 Å². The van der Waals surface area contributed by atoms with Gasteiger partial charge in [0.2, 0.25) is 0 Å². The van der Waals surface area contributed by atoms with Crippen molar-refractivity contribution in [3.05, 3.63) is 41.4 Å². The summed E-state index contributed by atoms with van der Waals surface area (Å²) >= 11 is 7.92. The third kappa shape index (κ3) is 4.40. The maximum atomic E-state index is 6.04. The standard InChI is InChI=1S/C11H12ClIO2/c1-2-6-14-11-4-3-9(5-7-15-13)8-10(11)12/h2-4,8H,1,5-7H2. The van der Waals surface area contributed by atoms with Gasteiger partial charge in [0, 0.05) is 0 Å². The molecule has 0 heterocycles. The highest BCUT2D eigenvalue weighted by Crippen LogP contribution is 2.25. The van der Waals surface area contributed by atoms with Crippen molar-refractivity contribution < 1.29 is 7.80 Å². The molecule has 2 nitrogen and oxygen atoms in total. The molecule has 0 amide bonds. The highest BCUT2D eigenvalue weighted by atomic mass is 127. The fourth-order valence-electron chi connectivity index (χ4n) is 1.12. The molecule has 0 aromatic heterocycles. The summed E-state index contributed by atoms with van der Waals surface area (Å²) in [5, 5.41) is 0.628. The van der Waals surface area contributed by atoms with E-state index in [2.05, 4.69) is 6.58 Å². The third-order valence-corrected chi connectivity index (χ3v) is 2.56. The molecule has 1 aromatic carbocycles. The Kier molecular flexibility index (Phi) is 6.05. The molecule has 0 spiro atoms. The van der Waals surface area contributed by atoms with Crippen LogP contribution in [0.25, 0.3) is 0 Å². The first-order valence-corrected chi connectivity index (χ1v) is 5.79. The Morgan fingerprint density at radius 2 is 2.27 bits per heavy atom. The molecule has 0 aliphatic carbocycles. The molecule has 0 unspecified atom stereocenters. The maximum absolute atomic E-state index is 6.04. The monoisotopic (exact) mass is 338 g/mol. The molecule has 0 atom stereocenters. The molecule has 0 fully saturated rings. The molecule has 0 saturated carbocycles. The van der Waals surface area contributed by atoms with Crippen LogP contribution in [0.3, 0.4) is 0 Å². The molecule has 0 aliphatic heterocycles. The Labute approximate surface area is 109 Å². The van der Waals surface area contributed by atoms with Crippen LogP contribution >= 0.6 is 34.6 Å². The third-order valence-electron chi connectivity index (χ3n) is 1.82. The molecule has 0 N–H and O–H groups in total. The smallest absolute Gasteiger partial charge is 0.138 e. The van der Waals surface area contributed by atoms with E-state index in [1.54, 1.807) is 6.08 Å². The molecule has 1 rings (SSSR count). The van der Waals surface area contributed by atoms with Crippen molar-refractivity contribution in [2.75, 3.05) is 13.2 Å². The van der Waals surface area contributed by atoms with Gasteiger partial charge in [-0.05, 0) is 24.1 Å². The highest BCUT2D eigenvalue weighted by molar-refractivity contribution is 14.1. The quantitative estimate of drug-likeness (QED) is 0.580. The molecule has 82 valence electrons. The van der Waals surface area contributed by atoms with Crippen molar-refractivity contribution in [1.29, 1.82) is 0 Å². The Morgan fingerprint density at radius 1 is 1.47 bits per heavy atom. The van der Waals surface area contributed by atoms with Gasteiger partial charge in [-0.1, -0.05) is 30.3 Å². The molecule has 0 radical (unpaired) electrons. The van der Waals surface area contributed by atoms with E-state index in [1.807, 2.05) is 41.2 Å². The largest absolute Gasteiger partial charge is 0.488 e. The zero-order valence-electron chi connectivity index (χ0n) is 8.21. The minimum Gasteiger partial charge on any atom is -0.488 e. The summed E-state index contributed by atoms with van der Waals surface area (Å²) in [6.07, 6.45) is 2.54. The van der Waals surface area contributed by atoms with Gasteiger partial charge in [-0.2, -0.15) is 0 Å². The second-order valence-electron chi connectivity index (χ2n) is 2.93. The Morgan fingerprint density at radius 3 is 2.87 bits per heavy atom. The fraction of sp³-hybridized carbons (Fsp3) is 0.273. The molecule has 0 bridgehead atoms. The van der Waals surface area contributed by atoms with Crippen LogP contribution in [-0.2, 0) is 9.49 Å². The van der Waals surface area contributed by atoms with Crippen LogP contribution in [0.4, 0.5) is 0 Å². The maximum Gasteiger partial charge on any atom is 0.138 e. The van der Waals surface area contributed by atoms with E-state index in [4.69, 9.17) is 19.4 Å². The van der Waals surface area contributed by atoms with Gasteiger partial charge in [0.25, 0.3) is 0 Å². The lowest BCUT2D eigenvalue weighted by Gasteiger charge is -2.07. The van der Waals surface area contributed by atoms with Crippen LogP contribution in [0, 0.1) is 0 Å². The summed E-state index contributed by atoms with van der Waals surface area (Å²) in [6.45, 7) is 4.73. The second-order valence-corrected chi connectivity index (χ2v) is 3.96.